The van der Waals surface area contributed by atoms with Crippen molar-refractivity contribution >= 4 is 38.9 Å². The number of halogens is 1. The van der Waals surface area contributed by atoms with Crippen LogP contribution >= 0.6 is 22.9 Å². The molecule has 6 nitrogen and oxygen atoms in total. The van der Waals surface area contributed by atoms with Crippen LogP contribution < -0.4 is 5.32 Å². The van der Waals surface area contributed by atoms with Crippen LogP contribution in [0.4, 0.5) is 0 Å². The number of hydrogen-bond donors (Lipinski definition) is 1. The number of aromatic nitrogens is 1. The molecule has 3 rings (SSSR count). The van der Waals surface area contributed by atoms with Gasteiger partial charge in [0, 0.05) is 24.2 Å². The summed E-state index contributed by atoms with van der Waals surface area (Å²) in [4.78, 5) is 17.6. The summed E-state index contributed by atoms with van der Waals surface area (Å²) in [7, 11) is -3.59. The smallest absolute Gasteiger partial charge is 0.253 e. The summed E-state index contributed by atoms with van der Waals surface area (Å²) in [5.41, 5.74) is 0.156. The monoisotopic (exact) mass is 399 g/mol. The first-order valence-corrected chi connectivity index (χ1v) is 10.5. The second-order valence-corrected chi connectivity index (χ2v) is 9.45. The van der Waals surface area contributed by atoms with Crippen LogP contribution in [-0.2, 0) is 16.6 Å². The predicted octanol–water partition coefficient (Wildman–Crippen LogP) is 2.82. The van der Waals surface area contributed by atoms with Gasteiger partial charge >= 0.3 is 0 Å². The van der Waals surface area contributed by atoms with Crippen LogP contribution in [0, 0.1) is 6.92 Å². The largest absolute Gasteiger partial charge is 0.347 e. The van der Waals surface area contributed by atoms with Gasteiger partial charge in [-0.3, -0.25) is 4.79 Å². The van der Waals surface area contributed by atoms with Crippen molar-refractivity contribution in [2.24, 2.45) is 0 Å². The number of thiazole rings is 1. The molecule has 1 N–H and O–H groups in total. The molecular formula is C16H18ClN3O3S2. The maximum atomic E-state index is 12.6. The Balaban J connectivity index is 1.80. The molecule has 1 aliphatic heterocycles. The van der Waals surface area contributed by atoms with Gasteiger partial charge in [0.15, 0.2) is 0 Å². The van der Waals surface area contributed by atoms with E-state index >= 15 is 0 Å². The van der Waals surface area contributed by atoms with Crippen molar-refractivity contribution in [1.82, 2.24) is 14.6 Å². The third-order valence-electron chi connectivity index (χ3n) is 3.98. The molecule has 134 valence electrons. The van der Waals surface area contributed by atoms with Gasteiger partial charge in [-0.1, -0.05) is 11.6 Å². The fourth-order valence-electron chi connectivity index (χ4n) is 2.67. The first-order valence-electron chi connectivity index (χ1n) is 7.87. The molecular weight excluding hydrogens is 382 g/mol. The number of nitrogens with one attached hydrogen (secondary N) is 1. The summed E-state index contributed by atoms with van der Waals surface area (Å²) in [6, 6.07) is 4.25. The van der Waals surface area contributed by atoms with Crippen LogP contribution in [0.1, 0.15) is 33.1 Å². The lowest BCUT2D eigenvalue weighted by Crippen LogP contribution is -2.28. The van der Waals surface area contributed by atoms with Gasteiger partial charge in [0.2, 0.25) is 10.0 Å². The van der Waals surface area contributed by atoms with Gasteiger partial charge in [-0.05, 0) is 38.0 Å². The van der Waals surface area contributed by atoms with E-state index in [0.29, 0.717) is 19.6 Å². The predicted molar refractivity (Wildman–Crippen MR) is 97.5 cm³/mol. The molecule has 1 aromatic heterocycles. The third kappa shape index (κ3) is 4.03. The van der Waals surface area contributed by atoms with Crippen molar-refractivity contribution in [3.63, 3.8) is 0 Å². The Bertz CT molecular complexity index is 890. The van der Waals surface area contributed by atoms with Crippen molar-refractivity contribution in [2.45, 2.75) is 31.2 Å². The third-order valence-corrected chi connectivity index (χ3v) is 7.11. The number of aryl methyl sites for hydroxylation is 1. The maximum absolute atomic E-state index is 12.6. The number of nitrogens with zero attached hydrogens (tertiary/aromatic N) is 2. The molecule has 1 fully saturated rings. The first-order chi connectivity index (χ1) is 11.9. The fraction of sp³-hybridized carbons (Fsp3) is 0.375. The SMILES string of the molecule is Cc1ncc(CNC(=O)c2cc(S(=O)(=O)N3CCCC3)ccc2Cl)s1. The van der Waals surface area contributed by atoms with Gasteiger partial charge in [-0.2, -0.15) is 4.31 Å². The van der Waals surface area contributed by atoms with E-state index in [9.17, 15) is 13.2 Å². The van der Waals surface area contributed by atoms with E-state index in [1.54, 1.807) is 6.20 Å². The minimum Gasteiger partial charge on any atom is -0.347 e. The van der Waals surface area contributed by atoms with E-state index in [1.165, 1.54) is 33.8 Å². The van der Waals surface area contributed by atoms with Crippen LogP contribution in [0.15, 0.2) is 29.3 Å². The molecule has 1 aliphatic rings. The number of sulfonamides is 1. The molecule has 9 heteroatoms. The van der Waals surface area contributed by atoms with Gasteiger partial charge in [0.05, 0.1) is 27.0 Å². The van der Waals surface area contributed by atoms with Gasteiger partial charge in [0.25, 0.3) is 5.91 Å². The van der Waals surface area contributed by atoms with Crippen molar-refractivity contribution in [1.29, 1.82) is 0 Å². The quantitative estimate of drug-likeness (QED) is 0.838. The molecule has 0 atom stereocenters. The van der Waals surface area contributed by atoms with Crippen LogP contribution in [0.25, 0.3) is 0 Å². The number of benzene rings is 1. The molecule has 0 radical (unpaired) electrons. The van der Waals surface area contributed by atoms with Crippen molar-refractivity contribution in [2.75, 3.05) is 13.1 Å². The summed E-state index contributed by atoms with van der Waals surface area (Å²) in [6.07, 6.45) is 3.42. The van der Waals surface area contributed by atoms with Crippen LogP contribution in [0.2, 0.25) is 5.02 Å². The molecule has 0 saturated carbocycles. The summed E-state index contributed by atoms with van der Waals surface area (Å²) in [6.45, 7) is 3.23. The fourth-order valence-corrected chi connectivity index (χ4v) is 5.15. The highest BCUT2D eigenvalue weighted by Gasteiger charge is 2.28. The average Bonchev–Trinajstić information content (AvgIpc) is 3.24. The molecule has 0 spiro atoms. The zero-order chi connectivity index (χ0) is 18.0. The average molecular weight is 400 g/mol. The Morgan fingerprint density at radius 1 is 1.36 bits per heavy atom. The number of amides is 1. The number of carbonyl (C=O) groups excluding carboxylic acids is 1. The van der Waals surface area contributed by atoms with Crippen molar-refractivity contribution in [3.05, 3.63) is 44.9 Å². The lowest BCUT2D eigenvalue weighted by molar-refractivity contribution is 0.0951. The van der Waals surface area contributed by atoms with Crippen LogP contribution in [-0.4, -0.2) is 36.7 Å². The first kappa shape index (κ1) is 18.3. The molecule has 0 unspecified atom stereocenters. The van der Waals surface area contributed by atoms with Gasteiger partial charge in [-0.25, -0.2) is 13.4 Å². The van der Waals surface area contributed by atoms with E-state index in [0.717, 1.165) is 22.7 Å². The molecule has 1 aromatic carbocycles. The van der Waals surface area contributed by atoms with Gasteiger partial charge < -0.3 is 5.32 Å². The standard InChI is InChI=1S/C16H18ClN3O3S2/c1-11-18-9-12(24-11)10-19-16(21)14-8-13(4-5-15(14)17)25(22,23)20-6-2-3-7-20/h4-5,8-9H,2-3,6-7,10H2,1H3,(H,19,21). The second kappa shape index (κ2) is 7.41. The minimum atomic E-state index is -3.59. The summed E-state index contributed by atoms with van der Waals surface area (Å²) >= 11 is 7.60. The number of hydrogen-bond acceptors (Lipinski definition) is 5. The zero-order valence-corrected chi connectivity index (χ0v) is 16.0. The highest BCUT2D eigenvalue weighted by atomic mass is 35.5. The maximum Gasteiger partial charge on any atom is 0.253 e. The number of carbonyl (C=O) groups is 1. The Morgan fingerprint density at radius 3 is 2.72 bits per heavy atom. The lowest BCUT2D eigenvalue weighted by Gasteiger charge is -2.16. The Morgan fingerprint density at radius 2 is 2.08 bits per heavy atom. The zero-order valence-electron chi connectivity index (χ0n) is 13.7. The Hall–Kier alpha value is -1.48. The number of rotatable bonds is 5. The van der Waals surface area contributed by atoms with Crippen LogP contribution in [0.5, 0.6) is 0 Å². The molecule has 1 saturated heterocycles. The molecule has 2 aromatic rings. The minimum absolute atomic E-state index is 0.0950. The van der Waals surface area contributed by atoms with Crippen molar-refractivity contribution in [3.8, 4) is 0 Å². The lowest BCUT2D eigenvalue weighted by atomic mass is 10.2. The molecule has 1 amide bonds. The normalized spacial score (nSPS) is 15.4. The summed E-state index contributed by atoms with van der Waals surface area (Å²) in [5, 5.41) is 3.89. The molecule has 25 heavy (non-hydrogen) atoms. The van der Waals surface area contributed by atoms with Gasteiger partial charge in [0.1, 0.15) is 0 Å². The summed E-state index contributed by atoms with van der Waals surface area (Å²) < 4.78 is 26.7. The van der Waals surface area contributed by atoms with E-state index < -0.39 is 15.9 Å². The van der Waals surface area contributed by atoms with Gasteiger partial charge in [-0.15, -0.1) is 11.3 Å². The summed E-state index contributed by atoms with van der Waals surface area (Å²) in [5.74, 6) is -0.408. The highest BCUT2D eigenvalue weighted by molar-refractivity contribution is 7.89. The highest BCUT2D eigenvalue weighted by Crippen LogP contribution is 2.25. The van der Waals surface area contributed by atoms with E-state index in [1.807, 2.05) is 6.92 Å². The van der Waals surface area contributed by atoms with Crippen molar-refractivity contribution < 1.29 is 13.2 Å². The van der Waals surface area contributed by atoms with E-state index in [-0.39, 0.29) is 15.5 Å². The molecule has 2 heterocycles. The Labute approximate surface area is 155 Å². The van der Waals surface area contributed by atoms with E-state index in [4.69, 9.17) is 11.6 Å². The van der Waals surface area contributed by atoms with Crippen LogP contribution in [0.3, 0.4) is 0 Å². The van der Waals surface area contributed by atoms with E-state index in [2.05, 4.69) is 10.3 Å². The molecule has 0 bridgehead atoms. The second-order valence-electron chi connectivity index (χ2n) is 5.78. The molecule has 0 aliphatic carbocycles. The topological polar surface area (TPSA) is 79.4 Å². The Kier molecular flexibility index (Phi) is 5.43.